The third kappa shape index (κ3) is 3.02. The second kappa shape index (κ2) is 5.66. The van der Waals surface area contributed by atoms with E-state index in [4.69, 9.17) is 4.52 Å². The van der Waals surface area contributed by atoms with Crippen molar-refractivity contribution >= 4 is 5.82 Å². The molecule has 0 radical (unpaired) electrons. The molecule has 0 aliphatic heterocycles. The lowest BCUT2D eigenvalue weighted by atomic mass is 10.3. The van der Waals surface area contributed by atoms with Crippen LogP contribution in [0.2, 0.25) is 0 Å². The molecule has 0 spiro atoms. The van der Waals surface area contributed by atoms with Crippen LogP contribution in [0.3, 0.4) is 0 Å². The summed E-state index contributed by atoms with van der Waals surface area (Å²) >= 11 is 0. The van der Waals surface area contributed by atoms with Gasteiger partial charge in [0.2, 0.25) is 11.7 Å². The first-order valence-electron chi connectivity index (χ1n) is 6.46. The Morgan fingerprint density at radius 2 is 2.10 bits per heavy atom. The zero-order valence-corrected chi connectivity index (χ0v) is 11.8. The average molecular weight is 282 g/mol. The summed E-state index contributed by atoms with van der Waals surface area (Å²) in [6.07, 6.45) is 5.13. The molecule has 0 bridgehead atoms. The maximum atomic E-state index is 5.27. The van der Waals surface area contributed by atoms with E-state index >= 15 is 0 Å². The maximum absolute atomic E-state index is 5.27. The molecule has 0 saturated carbocycles. The van der Waals surface area contributed by atoms with E-state index < -0.39 is 0 Å². The van der Waals surface area contributed by atoms with Crippen molar-refractivity contribution in [3.63, 3.8) is 0 Å². The molecular formula is C14H14N6O. The third-order valence-corrected chi connectivity index (χ3v) is 2.91. The number of aromatic nitrogens is 5. The Hall–Kier alpha value is -2.83. The second-order valence-electron chi connectivity index (χ2n) is 4.57. The molecule has 0 atom stereocenters. The highest BCUT2D eigenvalue weighted by molar-refractivity contribution is 5.51. The van der Waals surface area contributed by atoms with Crippen molar-refractivity contribution in [1.82, 2.24) is 25.1 Å². The lowest BCUT2D eigenvalue weighted by Gasteiger charge is -2.15. The topological polar surface area (TPSA) is 80.8 Å². The summed E-state index contributed by atoms with van der Waals surface area (Å²) in [5.74, 6) is 2.59. The molecule has 3 aromatic rings. The molecule has 3 heterocycles. The molecule has 0 saturated heterocycles. The van der Waals surface area contributed by atoms with E-state index in [-0.39, 0.29) is 0 Å². The molecule has 3 aromatic heterocycles. The zero-order valence-electron chi connectivity index (χ0n) is 11.8. The van der Waals surface area contributed by atoms with Crippen molar-refractivity contribution in [1.29, 1.82) is 0 Å². The Morgan fingerprint density at radius 3 is 2.86 bits per heavy atom. The summed E-state index contributed by atoms with van der Waals surface area (Å²) in [6, 6.07) is 5.56. The summed E-state index contributed by atoms with van der Waals surface area (Å²) < 4.78 is 5.27. The van der Waals surface area contributed by atoms with Gasteiger partial charge in [-0.2, -0.15) is 4.98 Å². The Labute approximate surface area is 121 Å². The number of rotatable bonds is 4. The monoisotopic (exact) mass is 282 g/mol. The molecule has 21 heavy (non-hydrogen) atoms. The lowest BCUT2D eigenvalue weighted by Crippen LogP contribution is -2.18. The van der Waals surface area contributed by atoms with Crippen LogP contribution in [0.25, 0.3) is 11.4 Å². The lowest BCUT2D eigenvalue weighted by molar-refractivity contribution is 0.378. The van der Waals surface area contributed by atoms with Gasteiger partial charge >= 0.3 is 0 Å². The van der Waals surface area contributed by atoms with Gasteiger partial charge in [-0.15, -0.1) is 0 Å². The highest BCUT2D eigenvalue weighted by Crippen LogP contribution is 2.16. The number of pyridine rings is 1. The quantitative estimate of drug-likeness (QED) is 0.722. The molecule has 0 aromatic carbocycles. The van der Waals surface area contributed by atoms with Crippen LogP contribution >= 0.6 is 0 Å². The van der Waals surface area contributed by atoms with E-state index in [1.54, 1.807) is 18.6 Å². The highest BCUT2D eigenvalue weighted by Gasteiger charge is 2.12. The molecular weight excluding hydrogens is 268 g/mol. The molecule has 3 rings (SSSR count). The van der Waals surface area contributed by atoms with Crippen LogP contribution in [0, 0.1) is 6.92 Å². The van der Waals surface area contributed by atoms with Crippen LogP contribution in [0.5, 0.6) is 0 Å². The summed E-state index contributed by atoms with van der Waals surface area (Å²) in [6.45, 7) is 2.33. The molecule has 0 unspecified atom stereocenters. The van der Waals surface area contributed by atoms with E-state index in [9.17, 15) is 0 Å². The van der Waals surface area contributed by atoms with Crippen molar-refractivity contribution in [3.05, 3.63) is 48.5 Å². The third-order valence-electron chi connectivity index (χ3n) is 2.91. The minimum Gasteiger partial charge on any atom is -0.350 e. The summed E-state index contributed by atoms with van der Waals surface area (Å²) in [4.78, 5) is 18.8. The van der Waals surface area contributed by atoms with Crippen molar-refractivity contribution in [2.75, 3.05) is 11.9 Å². The van der Waals surface area contributed by atoms with Gasteiger partial charge in [-0.25, -0.2) is 9.97 Å². The van der Waals surface area contributed by atoms with Gasteiger partial charge in [0.05, 0.1) is 6.54 Å². The number of hydrogen-bond acceptors (Lipinski definition) is 7. The molecule has 0 fully saturated rings. The van der Waals surface area contributed by atoms with E-state index in [1.165, 1.54) is 0 Å². The highest BCUT2D eigenvalue weighted by atomic mass is 16.5. The maximum Gasteiger partial charge on any atom is 0.246 e. The van der Waals surface area contributed by atoms with Crippen molar-refractivity contribution in [2.24, 2.45) is 0 Å². The molecule has 0 aliphatic rings. The normalized spacial score (nSPS) is 10.6. The first-order valence-corrected chi connectivity index (χ1v) is 6.46. The van der Waals surface area contributed by atoms with E-state index in [1.807, 2.05) is 37.1 Å². The minimum atomic E-state index is 0.476. The fraction of sp³-hybridized carbons (Fsp3) is 0.214. The van der Waals surface area contributed by atoms with Crippen LogP contribution < -0.4 is 4.90 Å². The van der Waals surface area contributed by atoms with E-state index in [2.05, 4.69) is 25.1 Å². The van der Waals surface area contributed by atoms with Crippen LogP contribution in [-0.2, 0) is 6.54 Å². The first kappa shape index (κ1) is 13.2. The van der Waals surface area contributed by atoms with Gasteiger partial charge in [0.15, 0.2) is 0 Å². The standard InChI is InChI=1S/C14H14N6O/c1-10-16-7-5-12(17-10)20(2)9-13-18-14(19-21-13)11-4-3-6-15-8-11/h3-8H,9H2,1-2H3. The number of hydrogen-bond donors (Lipinski definition) is 0. The van der Waals surface area contributed by atoms with Crippen LogP contribution in [0.15, 0.2) is 41.3 Å². The van der Waals surface area contributed by atoms with Gasteiger partial charge in [0.1, 0.15) is 11.6 Å². The average Bonchev–Trinajstić information content (AvgIpc) is 2.97. The van der Waals surface area contributed by atoms with Gasteiger partial charge < -0.3 is 9.42 Å². The molecule has 0 N–H and O–H groups in total. The predicted octanol–water partition coefficient (Wildman–Crippen LogP) is 1.87. The fourth-order valence-corrected chi connectivity index (χ4v) is 1.87. The summed E-state index contributed by atoms with van der Waals surface area (Å²) in [5.41, 5.74) is 0.827. The molecule has 0 aliphatic carbocycles. The zero-order chi connectivity index (χ0) is 14.7. The van der Waals surface area contributed by atoms with E-state index in [0.717, 1.165) is 17.2 Å². The Balaban J connectivity index is 1.75. The predicted molar refractivity (Wildman–Crippen MR) is 76.4 cm³/mol. The number of anilines is 1. The molecule has 106 valence electrons. The first-order chi connectivity index (χ1) is 10.2. The SMILES string of the molecule is Cc1nccc(N(C)Cc2nc(-c3cccnc3)no2)n1. The number of nitrogens with zero attached hydrogens (tertiary/aromatic N) is 6. The van der Waals surface area contributed by atoms with Gasteiger partial charge in [-0.05, 0) is 25.1 Å². The molecule has 7 heteroatoms. The Morgan fingerprint density at radius 1 is 1.19 bits per heavy atom. The Kier molecular flexibility index (Phi) is 3.55. The van der Waals surface area contributed by atoms with Crippen molar-refractivity contribution in [2.45, 2.75) is 13.5 Å². The van der Waals surface area contributed by atoms with Crippen LogP contribution in [-0.4, -0.2) is 32.1 Å². The van der Waals surface area contributed by atoms with E-state index in [0.29, 0.717) is 18.3 Å². The summed E-state index contributed by atoms with van der Waals surface area (Å²) in [7, 11) is 1.91. The fourth-order valence-electron chi connectivity index (χ4n) is 1.87. The Bertz CT molecular complexity index is 727. The second-order valence-corrected chi connectivity index (χ2v) is 4.57. The molecule has 0 amide bonds. The van der Waals surface area contributed by atoms with Gasteiger partial charge in [0, 0.05) is 31.2 Å². The smallest absolute Gasteiger partial charge is 0.246 e. The molecule has 7 nitrogen and oxygen atoms in total. The summed E-state index contributed by atoms with van der Waals surface area (Å²) in [5, 5.41) is 3.97. The van der Waals surface area contributed by atoms with Crippen LogP contribution in [0.4, 0.5) is 5.82 Å². The van der Waals surface area contributed by atoms with Crippen LogP contribution in [0.1, 0.15) is 11.7 Å². The van der Waals surface area contributed by atoms with Gasteiger partial charge in [-0.3, -0.25) is 4.98 Å². The minimum absolute atomic E-state index is 0.476. The largest absolute Gasteiger partial charge is 0.350 e. The van der Waals surface area contributed by atoms with Crippen molar-refractivity contribution < 1.29 is 4.52 Å². The number of aryl methyl sites for hydroxylation is 1. The van der Waals surface area contributed by atoms with Gasteiger partial charge in [0.25, 0.3) is 0 Å². The van der Waals surface area contributed by atoms with Crippen molar-refractivity contribution in [3.8, 4) is 11.4 Å². The van der Waals surface area contributed by atoms with Gasteiger partial charge in [-0.1, -0.05) is 5.16 Å².